The quantitative estimate of drug-likeness (QED) is 0.758. The molecule has 6 heteroatoms. The molecule has 5 nitrogen and oxygen atoms in total. The lowest BCUT2D eigenvalue weighted by atomic mass is 10.4. The van der Waals surface area contributed by atoms with Crippen LogP contribution in [0, 0.1) is 0 Å². The van der Waals surface area contributed by atoms with Gasteiger partial charge in [-0.2, -0.15) is 5.10 Å². The molecular formula is C10H11N3O2S. The third-order valence-corrected chi connectivity index (χ3v) is 2.54. The molecule has 2 heterocycles. The molecule has 2 aromatic rings. The van der Waals surface area contributed by atoms with Crippen LogP contribution < -0.4 is 0 Å². The molecule has 0 aromatic carbocycles. The Morgan fingerprint density at radius 3 is 3.19 bits per heavy atom. The second-order valence-electron chi connectivity index (χ2n) is 3.32. The van der Waals surface area contributed by atoms with Gasteiger partial charge < -0.3 is 4.74 Å². The van der Waals surface area contributed by atoms with Gasteiger partial charge in [-0.25, -0.2) is 9.78 Å². The lowest BCUT2D eigenvalue weighted by molar-refractivity contribution is 0.0293. The van der Waals surface area contributed by atoms with E-state index in [1.165, 1.54) is 11.3 Å². The maximum absolute atomic E-state index is 11.5. The Morgan fingerprint density at radius 2 is 2.56 bits per heavy atom. The van der Waals surface area contributed by atoms with E-state index in [-0.39, 0.29) is 12.1 Å². The molecule has 0 spiro atoms. The van der Waals surface area contributed by atoms with Crippen LogP contribution >= 0.6 is 11.3 Å². The average Bonchev–Trinajstić information content (AvgIpc) is 2.88. The second-order valence-corrected chi connectivity index (χ2v) is 4.04. The third kappa shape index (κ3) is 2.66. The number of thiazole rings is 1. The van der Waals surface area contributed by atoms with Crippen molar-refractivity contribution >= 4 is 17.3 Å². The van der Waals surface area contributed by atoms with Gasteiger partial charge in [0.25, 0.3) is 0 Å². The largest absolute Gasteiger partial charge is 0.456 e. The predicted octanol–water partition coefficient (Wildman–Crippen LogP) is 1.59. The summed E-state index contributed by atoms with van der Waals surface area (Å²) in [6, 6.07) is 1.83. The Labute approximate surface area is 96.7 Å². The first-order valence-electron chi connectivity index (χ1n) is 4.82. The molecule has 16 heavy (non-hydrogen) atoms. The summed E-state index contributed by atoms with van der Waals surface area (Å²) >= 11 is 1.37. The van der Waals surface area contributed by atoms with Gasteiger partial charge in [-0.1, -0.05) is 0 Å². The SMILES string of the molecule is CC(Cn1cccn1)OC(=O)c1cscn1. The number of nitrogens with zero attached hydrogens (tertiary/aromatic N) is 3. The van der Waals surface area contributed by atoms with Crippen molar-refractivity contribution in [3.63, 3.8) is 0 Å². The molecule has 0 radical (unpaired) electrons. The van der Waals surface area contributed by atoms with E-state index in [0.717, 1.165) is 0 Å². The van der Waals surface area contributed by atoms with Crippen molar-refractivity contribution in [2.75, 3.05) is 0 Å². The van der Waals surface area contributed by atoms with E-state index < -0.39 is 0 Å². The lowest BCUT2D eigenvalue weighted by Gasteiger charge is -2.12. The summed E-state index contributed by atoms with van der Waals surface area (Å²) in [5.74, 6) is -0.388. The number of aromatic nitrogens is 3. The van der Waals surface area contributed by atoms with E-state index in [9.17, 15) is 4.79 Å². The Bertz CT molecular complexity index is 439. The number of carbonyl (C=O) groups excluding carboxylic acids is 1. The summed E-state index contributed by atoms with van der Waals surface area (Å²) in [5.41, 5.74) is 1.96. The summed E-state index contributed by atoms with van der Waals surface area (Å²) in [6.45, 7) is 2.37. The normalized spacial score (nSPS) is 12.3. The molecule has 0 saturated heterocycles. The number of ether oxygens (including phenoxy) is 1. The maximum Gasteiger partial charge on any atom is 0.358 e. The van der Waals surface area contributed by atoms with Gasteiger partial charge in [-0.05, 0) is 13.0 Å². The molecular weight excluding hydrogens is 226 g/mol. The molecule has 2 rings (SSSR count). The predicted molar refractivity (Wildman–Crippen MR) is 59.2 cm³/mol. The first-order valence-corrected chi connectivity index (χ1v) is 5.76. The molecule has 0 aliphatic carbocycles. The first kappa shape index (κ1) is 10.8. The molecule has 1 atom stereocenters. The van der Waals surface area contributed by atoms with Crippen LogP contribution in [-0.2, 0) is 11.3 Å². The molecule has 0 fully saturated rings. The summed E-state index contributed by atoms with van der Waals surface area (Å²) in [5, 5.41) is 5.71. The Hall–Kier alpha value is -1.69. The van der Waals surface area contributed by atoms with E-state index >= 15 is 0 Å². The van der Waals surface area contributed by atoms with Crippen molar-refractivity contribution in [1.29, 1.82) is 0 Å². The number of hydrogen-bond acceptors (Lipinski definition) is 5. The molecule has 0 N–H and O–H groups in total. The molecule has 0 aliphatic heterocycles. The zero-order valence-electron chi connectivity index (χ0n) is 8.74. The molecule has 1 unspecified atom stereocenters. The Kier molecular flexibility index (Phi) is 3.31. The fraction of sp³-hybridized carbons (Fsp3) is 0.300. The third-order valence-electron chi connectivity index (χ3n) is 1.95. The van der Waals surface area contributed by atoms with Crippen LogP contribution in [0.2, 0.25) is 0 Å². The van der Waals surface area contributed by atoms with Crippen LogP contribution in [-0.4, -0.2) is 26.8 Å². The van der Waals surface area contributed by atoms with Crippen LogP contribution in [0.4, 0.5) is 0 Å². The first-order chi connectivity index (χ1) is 7.75. The van der Waals surface area contributed by atoms with Crippen molar-refractivity contribution in [3.05, 3.63) is 35.0 Å². The van der Waals surface area contributed by atoms with Crippen LogP contribution in [0.5, 0.6) is 0 Å². The van der Waals surface area contributed by atoms with Gasteiger partial charge in [0.1, 0.15) is 6.10 Å². The van der Waals surface area contributed by atoms with Crippen molar-refractivity contribution in [3.8, 4) is 0 Å². The minimum atomic E-state index is -0.388. The van der Waals surface area contributed by atoms with Gasteiger partial charge in [-0.15, -0.1) is 11.3 Å². The van der Waals surface area contributed by atoms with E-state index in [1.807, 2.05) is 19.2 Å². The summed E-state index contributed by atoms with van der Waals surface area (Å²) < 4.78 is 6.93. The fourth-order valence-electron chi connectivity index (χ4n) is 1.27. The highest BCUT2D eigenvalue weighted by molar-refractivity contribution is 7.07. The van der Waals surface area contributed by atoms with Crippen LogP contribution in [0.15, 0.2) is 29.4 Å². The second kappa shape index (κ2) is 4.89. The summed E-state index contributed by atoms with van der Waals surface area (Å²) in [4.78, 5) is 15.4. The summed E-state index contributed by atoms with van der Waals surface area (Å²) in [7, 11) is 0. The van der Waals surface area contributed by atoms with Gasteiger partial charge >= 0.3 is 5.97 Å². The topological polar surface area (TPSA) is 57.0 Å². The van der Waals surface area contributed by atoms with Gasteiger partial charge in [0.15, 0.2) is 5.69 Å². The van der Waals surface area contributed by atoms with E-state index in [1.54, 1.807) is 21.8 Å². The Balaban J connectivity index is 1.88. The zero-order valence-corrected chi connectivity index (χ0v) is 9.55. The van der Waals surface area contributed by atoms with Crippen LogP contribution in [0.1, 0.15) is 17.4 Å². The Morgan fingerprint density at radius 1 is 1.69 bits per heavy atom. The molecule has 0 saturated carbocycles. The van der Waals surface area contributed by atoms with E-state index in [4.69, 9.17) is 4.74 Å². The van der Waals surface area contributed by atoms with Crippen molar-refractivity contribution in [2.24, 2.45) is 0 Å². The van der Waals surface area contributed by atoms with Gasteiger partial charge in [0.05, 0.1) is 12.1 Å². The van der Waals surface area contributed by atoms with Crippen molar-refractivity contribution in [1.82, 2.24) is 14.8 Å². The van der Waals surface area contributed by atoms with E-state index in [2.05, 4.69) is 10.1 Å². The van der Waals surface area contributed by atoms with E-state index in [0.29, 0.717) is 12.2 Å². The van der Waals surface area contributed by atoms with Gasteiger partial charge in [0, 0.05) is 17.8 Å². The molecule has 0 bridgehead atoms. The summed E-state index contributed by atoms with van der Waals surface area (Å²) in [6.07, 6.45) is 3.29. The van der Waals surface area contributed by atoms with Crippen molar-refractivity contribution in [2.45, 2.75) is 19.6 Å². The minimum absolute atomic E-state index is 0.228. The van der Waals surface area contributed by atoms with Gasteiger partial charge in [-0.3, -0.25) is 4.68 Å². The smallest absolute Gasteiger partial charge is 0.358 e. The zero-order chi connectivity index (χ0) is 11.4. The molecule has 84 valence electrons. The maximum atomic E-state index is 11.5. The molecule has 2 aromatic heterocycles. The average molecular weight is 237 g/mol. The number of carbonyl (C=O) groups is 1. The monoisotopic (exact) mass is 237 g/mol. The highest BCUT2D eigenvalue weighted by atomic mass is 32.1. The standard InChI is InChI=1S/C10H11N3O2S/c1-8(5-13-4-2-3-12-13)15-10(14)9-6-16-7-11-9/h2-4,6-8H,5H2,1H3. The lowest BCUT2D eigenvalue weighted by Crippen LogP contribution is -2.21. The molecule has 0 aliphatic rings. The number of rotatable bonds is 4. The van der Waals surface area contributed by atoms with Crippen LogP contribution in [0.25, 0.3) is 0 Å². The van der Waals surface area contributed by atoms with Gasteiger partial charge in [0.2, 0.25) is 0 Å². The number of esters is 1. The highest BCUT2D eigenvalue weighted by Crippen LogP contribution is 2.05. The van der Waals surface area contributed by atoms with Crippen LogP contribution in [0.3, 0.4) is 0 Å². The molecule has 0 amide bonds. The minimum Gasteiger partial charge on any atom is -0.456 e. The fourth-order valence-corrected chi connectivity index (χ4v) is 1.79. The number of hydrogen-bond donors (Lipinski definition) is 0. The van der Waals surface area contributed by atoms with Crippen molar-refractivity contribution < 1.29 is 9.53 Å². The highest BCUT2D eigenvalue weighted by Gasteiger charge is 2.13.